The summed E-state index contributed by atoms with van der Waals surface area (Å²) < 4.78 is 15.4. The Hall–Kier alpha value is -2.27. The lowest BCUT2D eigenvalue weighted by molar-refractivity contribution is 0.628. The molecule has 0 saturated carbocycles. The summed E-state index contributed by atoms with van der Waals surface area (Å²) >= 11 is 5.31. The number of hydrogen-bond donors (Lipinski definition) is 1. The maximum Gasteiger partial charge on any atom is 0.200 e. The van der Waals surface area contributed by atoms with E-state index in [0.29, 0.717) is 10.6 Å². The van der Waals surface area contributed by atoms with Crippen LogP contribution in [-0.2, 0) is 0 Å². The van der Waals surface area contributed by atoms with Crippen molar-refractivity contribution >= 4 is 12.2 Å². The van der Waals surface area contributed by atoms with Crippen molar-refractivity contribution in [1.29, 1.82) is 0 Å². The molecule has 3 aromatic rings. The Labute approximate surface area is 120 Å². The largest absolute Gasteiger partial charge is 0.268 e. The van der Waals surface area contributed by atoms with Crippen LogP contribution in [0.15, 0.2) is 48.5 Å². The summed E-state index contributed by atoms with van der Waals surface area (Å²) in [5.74, 6) is 0.398. The Morgan fingerprint density at radius 3 is 2.50 bits per heavy atom. The number of aryl methyl sites for hydroxylation is 1. The minimum absolute atomic E-state index is 0.273. The van der Waals surface area contributed by atoms with E-state index in [-0.39, 0.29) is 5.82 Å². The van der Waals surface area contributed by atoms with E-state index in [9.17, 15) is 4.39 Å². The van der Waals surface area contributed by atoms with Gasteiger partial charge in [-0.3, -0.25) is 9.67 Å². The summed E-state index contributed by atoms with van der Waals surface area (Å²) in [5.41, 5.74) is 2.86. The summed E-state index contributed by atoms with van der Waals surface area (Å²) in [6, 6.07) is 14.1. The van der Waals surface area contributed by atoms with Crippen molar-refractivity contribution in [2.45, 2.75) is 6.92 Å². The Kier molecular flexibility index (Phi) is 3.20. The zero-order valence-corrected chi connectivity index (χ0v) is 11.6. The molecule has 100 valence electrons. The number of nitrogens with zero attached hydrogens (tertiary/aromatic N) is 2. The first-order valence-electron chi connectivity index (χ1n) is 6.16. The van der Waals surface area contributed by atoms with Gasteiger partial charge in [-0.25, -0.2) is 4.39 Å². The van der Waals surface area contributed by atoms with Crippen LogP contribution < -0.4 is 0 Å². The topological polar surface area (TPSA) is 33.6 Å². The van der Waals surface area contributed by atoms with E-state index < -0.39 is 0 Å². The molecule has 0 bridgehead atoms. The Balaban J connectivity index is 2.23. The molecule has 1 heterocycles. The van der Waals surface area contributed by atoms with Gasteiger partial charge in [0.15, 0.2) is 10.6 Å². The third-order valence-corrected chi connectivity index (χ3v) is 3.40. The highest BCUT2D eigenvalue weighted by Crippen LogP contribution is 2.23. The Morgan fingerprint density at radius 2 is 1.80 bits per heavy atom. The van der Waals surface area contributed by atoms with Crippen LogP contribution >= 0.6 is 12.2 Å². The van der Waals surface area contributed by atoms with Gasteiger partial charge in [-0.2, -0.15) is 5.10 Å². The number of aromatic nitrogens is 3. The van der Waals surface area contributed by atoms with Crippen molar-refractivity contribution in [2.75, 3.05) is 0 Å². The fraction of sp³-hybridized carbons (Fsp3) is 0.0667. The number of hydrogen-bond acceptors (Lipinski definition) is 2. The Bertz CT molecular complexity index is 802. The molecule has 0 aliphatic carbocycles. The molecule has 0 unspecified atom stereocenters. The maximum absolute atomic E-state index is 13.0. The molecule has 0 radical (unpaired) electrons. The summed E-state index contributed by atoms with van der Waals surface area (Å²) in [4.78, 5) is 0. The van der Waals surface area contributed by atoms with E-state index in [1.54, 1.807) is 12.1 Å². The molecular formula is C15H12FN3S. The van der Waals surface area contributed by atoms with Crippen molar-refractivity contribution in [1.82, 2.24) is 14.8 Å². The van der Waals surface area contributed by atoms with Crippen LogP contribution in [-0.4, -0.2) is 14.8 Å². The molecule has 2 aromatic carbocycles. The molecule has 0 aliphatic heterocycles. The van der Waals surface area contributed by atoms with E-state index in [4.69, 9.17) is 12.2 Å². The summed E-state index contributed by atoms with van der Waals surface area (Å²) in [7, 11) is 0. The first-order valence-corrected chi connectivity index (χ1v) is 6.57. The smallest absolute Gasteiger partial charge is 0.200 e. The number of halogens is 1. The molecule has 0 saturated heterocycles. The fourth-order valence-electron chi connectivity index (χ4n) is 2.13. The van der Waals surface area contributed by atoms with Gasteiger partial charge < -0.3 is 0 Å². The lowest BCUT2D eigenvalue weighted by Crippen LogP contribution is -2.00. The highest BCUT2D eigenvalue weighted by atomic mass is 32.1. The van der Waals surface area contributed by atoms with Gasteiger partial charge in [0.2, 0.25) is 0 Å². The average molecular weight is 285 g/mol. The van der Waals surface area contributed by atoms with E-state index in [0.717, 1.165) is 16.8 Å². The maximum atomic E-state index is 13.0. The van der Waals surface area contributed by atoms with Gasteiger partial charge in [0.1, 0.15) is 5.82 Å². The Morgan fingerprint density at radius 1 is 1.10 bits per heavy atom. The number of benzene rings is 2. The van der Waals surface area contributed by atoms with Crippen LogP contribution in [0.5, 0.6) is 0 Å². The lowest BCUT2D eigenvalue weighted by Gasteiger charge is -2.09. The molecule has 5 heteroatoms. The van der Waals surface area contributed by atoms with Gasteiger partial charge >= 0.3 is 0 Å². The van der Waals surface area contributed by atoms with Crippen LogP contribution in [0, 0.1) is 17.5 Å². The van der Waals surface area contributed by atoms with Crippen LogP contribution in [0.3, 0.4) is 0 Å². The second-order valence-electron chi connectivity index (χ2n) is 4.48. The standard InChI is InChI=1S/C15H12FN3S/c1-10-4-2-3-5-13(10)19-14(17-18-15(19)20)11-6-8-12(16)9-7-11/h2-9H,1H3,(H,18,20). The van der Waals surface area contributed by atoms with Crippen LogP contribution in [0.25, 0.3) is 17.1 Å². The second-order valence-corrected chi connectivity index (χ2v) is 4.87. The molecule has 20 heavy (non-hydrogen) atoms. The number of rotatable bonds is 2. The van der Waals surface area contributed by atoms with Gasteiger partial charge in [0.05, 0.1) is 5.69 Å². The molecule has 3 rings (SSSR count). The van der Waals surface area contributed by atoms with E-state index in [1.165, 1.54) is 12.1 Å². The highest BCUT2D eigenvalue weighted by Gasteiger charge is 2.12. The van der Waals surface area contributed by atoms with Gasteiger partial charge in [0, 0.05) is 5.56 Å². The molecular weight excluding hydrogens is 273 g/mol. The monoisotopic (exact) mass is 285 g/mol. The van der Waals surface area contributed by atoms with E-state index >= 15 is 0 Å². The van der Waals surface area contributed by atoms with Crippen LogP contribution in [0.1, 0.15) is 5.56 Å². The van der Waals surface area contributed by atoms with E-state index in [1.807, 2.05) is 35.8 Å². The average Bonchev–Trinajstić information content (AvgIpc) is 2.82. The molecule has 1 N–H and O–H groups in total. The lowest BCUT2D eigenvalue weighted by atomic mass is 10.1. The first kappa shape index (κ1) is 12.7. The number of aromatic amines is 1. The van der Waals surface area contributed by atoms with Crippen molar-refractivity contribution < 1.29 is 4.39 Å². The minimum atomic E-state index is -0.273. The third-order valence-electron chi connectivity index (χ3n) is 3.13. The molecule has 0 aliphatic rings. The third kappa shape index (κ3) is 2.16. The molecule has 1 aromatic heterocycles. The van der Waals surface area contributed by atoms with Gasteiger partial charge in [-0.1, -0.05) is 18.2 Å². The first-order chi connectivity index (χ1) is 9.66. The molecule has 0 spiro atoms. The normalized spacial score (nSPS) is 10.7. The van der Waals surface area contributed by atoms with Crippen LogP contribution in [0.4, 0.5) is 4.39 Å². The predicted molar refractivity (Wildman–Crippen MR) is 78.9 cm³/mol. The summed E-state index contributed by atoms with van der Waals surface area (Å²) in [5, 5.41) is 7.05. The quantitative estimate of drug-likeness (QED) is 0.721. The summed E-state index contributed by atoms with van der Waals surface area (Å²) in [6.45, 7) is 2.01. The van der Waals surface area contributed by atoms with Crippen molar-refractivity contribution in [2.24, 2.45) is 0 Å². The molecule has 0 fully saturated rings. The molecule has 0 atom stereocenters. The molecule has 3 nitrogen and oxygen atoms in total. The SMILES string of the molecule is Cc1ccccc1-n1c(-c2ccc(F)cc2)n[nH]c1=S. The van der Waals surface area contributed by atoms with Crippen molar-refractivity contribution in [3.05, 3.63) is 64.7 Å². The minimum Gasteiger partial charge on any atom is -0.268 e. The predicted octanol–water partition coefficient (Wildman–Crippen LogP) is 4.04. The zero-order valence-electron chi connectivity index (χ0n) is 10.8. The van der Waals surface area contributed by atoms with Gasteiger partial charge in [0.25, 0.3) is 0 Å². The van der Waals surface area contributed by atoms with Crippen molar-refractivity contribution in [3.63, 3.8) is 0 Å². The zero-order chi connectivity index (χ0) is 14.1. The fourth-order valence-corrected chi connectivity index (χ4v) is 2.36. The second kappa shape index (κ2) is 5.02. The molecule has 0 amide bonds. The highest BCUT2D eigenvalue weighted by molar-refractivity contribution is 7.71. The summed E-state index contributed by atoms with van der Waals surface area (Å²) in [6.07, 6.45) is 0. The van der Waals surface area contributed by atoms with Crippen LogP contribution in [0.2, 0.25) is 0 Å². The van der Waals surface area contributed by atoms with Crippen molar-refractivity contribution in [3.8, 4) is 17.1 Å². The number of para-hydroxylation sites is 1. The van der Waals surface area contributed by atoms with Gasteiger partial charge in [-0.05, 0) is 55.0 Å². The number of nitrogens with one attached hydrogen (secondary N) is 1. The van der Waals surface area contributed by atoms with E-state index in [2.05, 4.69) is 10.2 Å². The van der Waals surface area contributed by atoms with Gasteiger partial charge in [-0.15, -0.1) is 0 Å². The number of H-pyrrole nitrogens is 1.